The zero-order valence-corrected chi connectivity index (χ0v) is 23.4. The molecule has 9 nitrogen and oxygen atoms in total. The fourth-order valence-electron chi connectivity index (χ4n) is 6.82. The molecule has 1 aliphatic heterocycles. The van der Waals surface area contributed by atoms with Crippen LogP contribution in [0.2, 0.25) is 0 Å². The largest absolute Gasteiger partial charge is 0.508 e. The maximum absolute atomic E-state index is 13.1. The fourth-order valence-corrected chi connectivity index (χ4v) is 6.82. The van der Waals surface area contributed by atoms with Gasteiger partial charge in [-0.25, -0.2) is 4.79 Å². The maximum Gasteiger partial charge on any atom is 0.338 e. The SMILES string of the molecule is C=CC(=C)CC[C@]1(C)[C@H](C)C[C@H](O)C23C(=C[C@@H](OC(=O)c4ccc(O)cc4)C[C@H]21)[C@@H](OC(C)=O)O[C@H]3OC(C)=O. The highest BCUT2D eigenvalue weighted by Crippen LogP contribution is 2.67. The lowest BCUT2D eigenvalue weighted by Crippen LogP contribution is -2.63. The van der Waals surface area contributed by atoms with E-state index in [1.807, 2.05) is 0 Å². The highest BCUT2D eigenvalue weighted by molar-refractivity contribution is 5.89. The van der Waals surface area contributed by atoms with E-state index in [1.54, 1.807) is 12.2 Å². The van der Waals surface area contributed by atoms with Crippen molar-refractivity contribution >= 4 is 17.9 Å². The molecule has 0 bridgehead atoms. The summed E-state index contributed by atoms with van der Waals surface area (Å²) in [5, 5.41) is 21.4. The summed E-state index contributed by atoms with van der Waals surface area (Å²) in [5.74, 6) is -2.18. The van der Waals surface area contributed by atoms with Crippen LogP contribution in [0.1, 0.15) is 63.7 Å². The van der Waals surface area contributed by atoms with E-state index in [1.165, 1.54) is 38.1 Å². The van der Waals surface area contributed by atoms with E-state index >= 15 is 0 Å². The van der Waals surface area contributed by atoms with Gasteiger partial charge in [-0.2, -0.15) is 0 Å². The smallest absolute Gasteiger partial charge is 0.338 e. The van der Waals surface area contributed by atoms with Crippen LogP contribution in [0.15, 0.2) is 60.7 Å². The number of aliphatic hydroxyl groups excluding tert-OH is 1. The van der Waals surface area contributed by atoms with Crippen molar-refractivity contribution in [2.75, 3.05) is 0 Å². The third-order valence-electron chi connectivity index (χ3n) is 9.03. The predicted octanol–water partition coefficient (Wildman–Crippen LogP) is 4.59. The molecule has 1 heterocycles. The topological polar surface area (TPSA) is 129 Å². The lowest BCUT2D eigenvalue weighted by molar-refractivity contribution is -0.254. The number of carbonyl (C=O) groups excluding carboxylic acids is 3. The van der Waals surface area contributed by atoms with Crippen molar-refractivity contribution in [1.82, 2.24) is 0 Å². The number of hydrogen-bond acceptors (Lipinski definition) is 9. The van der Waals surface area contributed by atoms with Crippen molar-refractivity contribution < 1.29 is 43.5 Å². The van der Waals surface area contributed by atoms with Crippen molar-refractivity contribution in [2.24, 2.45) is 22.7 Å². The Morgan fingerprint density at radius 3 is 2.35 bits per heavy atom. The van der Waals surface area contributed by atoms with Crippen LogP contribution in [-0.4, -0.2) is 52.9 Å². The molecule has 3 aliphatic rings. The molecule has 2 fully saturated rings. The normalized spacial score (nSPS) is 34.5. The first kappa shape index (κ1) is 29.6. The number of ether oxygens (including phenoxy) is 4. The van der Waals surface area contributed by atoms with Crippen molar-refractivity contribution in [3.8, 4) is 5.75 Å². The summed E-state index contributed by atoms with van der Waals surface area (Å²) in [5.41, 5.74) is -0.147. The van der Waals surface area contributed by atoms with Gasteiger partial charge < -0.3 is 24.4 Å². The minimum atomic E-state index is -1.24. The van der Waals surface area contributed by atoms with Gasteiger partial charge in [0.25, 0.3) is 0 Å². The molecule has 2 aliphatic carbocycles. The third-order valence-corrected chi connectivity index (χ3v) is 9.03. The van der Waals surface area contributed by atoms with Crippen LogP contribution < -0.4 is 0 Å². The molecule has 1 saturated carbocycles. The Labute approximate surface area is 234 Å². The van der Waals surface area contributed by atoms with Crippen LogP contribution in [0.4, 0.5) is 0 Å². The Bertz CT molecular complexity index is 1220. The zero-order valence-electron chi connectivity index (χ0n) is 23.4. The number of aromatic hydroxyl groups is 1. The lowest BCUT2D eigenvalue weighted by Gasteiger charge is -2.60. The van der Waals surface area contributed by atoms with E-state index in [4.69, 9.17) is 18.9 Å². The Hall–Kier alpha value is -3.43. The summed E-state index contributed by atoms with van der Waals surface area (Å²) in [6, 6.07) is 5.72. The Balaban J connectivity index is 1.84. The molecule has 216 valence electrons. The average Bonchev–Trinajstić information content (AvgIpc) is 3.18. The molecule has 1 spiro atoms. The fraction of sp³-hybridized carbons (Fsp3) is 0.516. The van der Waals surface area contributed by atoms with E-state index in [0.717, 1.165) is 5.57 Å². The number of hydrogen-bond donors (Lipinski definition) is 2. The molecule has 8 atom stereocenters. The van der Waals surface area contributed by atoms with Gasteiger partial charge in [0.15, 0.2) is 0 Å². The van der Waals surface area contributed by atoms with Gasteiger partial charge in [-0.15, -0.1) is 0 Å². The number of rotatable bonds is 8. The Morgan fingerprint density at radius 2 is 1.75 bits per heavy atom. The number of esters is 3. The standard InChI is InChI=1S/C31H38O9/c1-7-17(2)12-13-30(6)18(3)14-26(35)31-24(28(37-19(4)32)40-29(31)38-20(5)33)15-23(16-25(30)31)39-27(36)21-8-10-22(34)11-9-21/h7-11,15,18,23,25-26,28-29,34-35H,1-2,12-14,16H2,3-6H3/t18-,23-,25+,26+,28+,29-,30-,31?/m1/s1. The first-order chi connectivity index (χ1) is 18.8. The molecular weight excluding hydrogens is 516 g/mol. The molecule has 0 radical (unpaired) electrons. The molecule has 1 saturated heterocycles. The van der Waals surface area contributed by atoms with E-state index in [-0.39, 0.29) is 17.2 Å². The summed E-state index contributed by atoms with van der Waals surface area (Å²) >= 11 is 0. The first-order valence-corrected chi connectivity index (χ1v) is 13.5. The second-order valence-electron chi connectivity index (χ2n) is 11.4. The van der Waals surface area contributed by atoms with Gasteiger partial charge in [0.05, 0.1) is 17.1 Å². The van der Waals surface area contributed by atoms with Gasteiger partial charge in [-0.1, -0.05) is 38.7 Å². The monoisotopic (exact) mass is 554 g/mol. The highest BCUT2D eigenvalue weighted by atomic mass is 16.8. The van der Waals surface area contributed by atoms with Gasteiger partial charge in [-0.05, 0) is 73.3 Å². The van der Waals surface area contributed by atoms with Gasteiger partial charge in [0, 0.05) is 19.4 Å². The first-order valence-electron chi connectivity index (χ1n) is 13.5. The van der Waals surface area contributed by atoms with Crippen molar-refractivity contribution in [2.45, 2.75) is 78.2 Å². The minimum absolute atomic E-state index is 0.0204. The van der Waals surface area contributed by atoms with Crippen molar-refractivity contribution in [3.05, 3.63) is 66.3 Å². The number of aliphatic hydroxyl groups is 1. The van der Waals surface area contributed by atoms with Crippen LogP contribution in [0.3, 0.4) is 0 Å². The summed E-state index contributed by atoms with van der Waals surface area (Å²) < 4.78 is 23.2. The Kier molecular flexibility index (Phi) is 8.28. The van der Waals surface area contributed by atoms with Gasteiger partial charge in [-0.3, -0.25) is 14.3 Å². The van der Waals surface area contributed by atoms with Crippen LogP contribution in [0, 0.1) is 22.7 Å². The molecule has 9 heteroatoms. The molecule has 1 unspecified atom stereocenters. The third kappa shape index (κ3) is 5.20. The summed E-state index contributed by atoms with van der Waals surface area (Å²) in [6.07, 6.45) is 1.18. The number of phenolic OH excluding ortho intramolecular Hbond substituents is 1. The second-order valence-corrected chi connectivity index (χ2v) is 11.4. The molecule has 40 heavy (non-hydrogen) atoms. The summed E-state index contributed by atoms with van der Waals surface area (Å²) in [6.45, 7) is 14.6. The minimum Gasteiger partial charge on any atom is -0.508 e. The van der Waals surface area contributed by atoms with Crippen LogP contribution in [0.5, 0.6) is 5.75 Å². The molecule has 0 amide bonds. The number of allylic oxidation sites excluding steroid dienone is 2. The summed E-state index contributed by atoms with van der Waals surface area (Å²) in [7, 11) is 0. The van der Waals surface area contributed by atoms with Crippen molar-refractivity contribution in [3.63, 3.8) is 0 Å². The Morgan fingerprint density at radius 1 is 1.10 bits per heavy atom. The number of carbonyl (C=O) groups is 3. The second kappa shape index (κ2) is 11.2. The van der Waals surface area contributed by atoms with Crippen LogP contribution in [0.25, 0.3) is 0 Å². The van der Waals surface area contributed by atoms with E-state index < -0.39 is 59.4 Å². The summed E-state index contributed by atoms with van der Waals surface area (Å²) in [4.78, 5) is 37.4. The molecule has 2 N–H and O–H groups in total. The van der Waals surface area contributed by atoms with Crippen LogP contribution in [-0.2, 0) is 28.5 Å². The van der Waals surface area contributed by atoms with Crippen molar-refractivity contribution in [1.29, 1.82) is 0 Å². The molecule has 4 rings (SSSR count). The zero-order chi connectivity index (χ0) is 29.4. The van der Waals surface area contributed by atoms with E-state index in [0.29, 0.717) is 31.3 Å². The van der Waals surface area contributed by atoms with E-state index in [9.17, 15) is 24.6 Å². The molecule has 1 aromatic carbocycles. The molecule has 0 aromatic heterocycles. The van der Waals surface area contributed by atoms with Gasteiger partial charge >= 0.3 is 17.9 Å². The molecular formula is C31H38O9. The average molecular weight is 555 g/mol. The van der Waals surface area contributed by atoms with E-state index in [2.05, 4.69) is 27.0 Å². The highest BCUT2D eigenvalue weighted by Gasteiger charge is 2.71. The number of benzene rings is 1. The van der Waals surface area contributed by atoms with Gasteiger partial charge in [0.1, 0.15) is 11.9 Å². The predicted molar refractivity (Wildman–Crippen MR) is 145 cm³/mol. The number of phenols is 1. The quantitative estimate of drug-likeness (QED) is 0.205. The molecule has 1 aromatic rings. The maximum atomic E-state index is 13.1. The van der Waals surface area contributed by atoms with Crippen LogP contribution >= 0.6 is 0 Å². The van der Waals surface area contributed by atoms with Gasteiger partial charge in [0.2, 0.25) is 12.6 Å². The lowest BCUT2D eigenvalue weighted by atomic mass is 9.45.